The highest BCUT2D eigenvalue weighted by atomic mass is 127. The van der Waals surface area contributed by atoms with Crippen molar-refractivity contribution >= 4 is 23.2 Å². The maximum atomic E-state index is 12.4. The normalized spacial score (nSPS) is 20.6. The number of carbonyl (C=O) groups excluding carboxylic acids is 2. The van der Waals surface area contributed by atoms with Gasteiger partial charge in [0.15, 0.2) is 6.04 Å². The number of amides is 2. The number of anilines is 2. The molecule has 0 aliphatic carbocycles. The molecule has 6 nitrogen and oxygen atoms in total. The van der Waals surface area contributed by atoms with E-state index in [1.807, 2.05) is 71.1 Å². The Hall–Kier alpha value is -1.97. The van der Waals surface area contributed by atoms with Gasteiger partial charge in [-0.3, -0.25) is 14.5 Å². The summed E-state index contributed by atoms with van der Waals surface area (Å²) in [5, 5.41) is 6.19. The van der Waals surface area contributed by atoms with Crippen molar-refractivity contribution in [2.45, 2.75) is 65.5 Å². The largest absolute Gasteiger partial charge is 1.00 e. The number of nitrogens with one attached hydrogen (secondary N) is 2. The number of hydrogen-bond acceptors (Lipinski definition) is 3. The van der Waals surface area contributed by atoms with E-state index < -0.39 is 0 Å². The van der Waals surface area contributed by atoms with Crippen molar-refractivity contribution in [2.75, 3.05) is 44.9 Å². The van der Waals surface area contributed by atoms with Crippen LogP contribution in [0.2, 0.25) is 0 Å². The van der Waals surface area contributed by atoms with Gasteiger partial charge in [-0.1, -0.05) is 36.4 Å². The van der Waals surface area contributed by atoms with Crippen LogP contribution in [0.5, 0.6) is 0 Å². The minimum atomic E-state index is 0. The van der Waals surface area contributed by atoms with Gasteiger partial charge in [0.2, 0.25) is 5.91 Å². The van der Waals surface area contributed by atoms with Gasteiger partial charge in [0.1, 0.15) is 0 Å². The summed E-state index contributed by atoms with van der Waals surface area (Å²) >= 11 is 0. The molecular formula is C29H43IN4O2. The van der Waals surface area contributed by atoms with Gasteiger partial charge >= 0.3 is 0 Å². The van der Waals surface area contributed by atoms with Crippen LogP contribution in [0.15, 0.2) is 36.4 Å². The van der Waals surface area contributed by atoms with E-state index in [2.05, 4.69) is 29.6 Å². The van der Waals surface area contributed by atoms with E-state index in [1.165, 1.54) is 0 Å². The van der Waals surface area contributed by atoms with Crippen molar-refractivity contribution in [2.24, 2.45) is 0 Å². The number of benzene rings is 2. The second kappa shape index (κ2) is 13.0. The fourth-order valence-corrected chi connectivity index (χ4v) is 5.32. The SMILES string of the molecule is Cc1cccc(C)c1NC(=O)C1CCCN1C.Cc1cccc(C)c1NC(=O)C1CCC[N+]1(C)C.[I-]. The summed E-state index contributed by atoms with van der Waals surface area (Å²) in [7, 11) is 6.30. The molecule has 7 heteroatoms. The summed E-state index contributed by atoms with van der Waals surface area (Å²) in [6.07, 6.45) is 4.20. The molecule has 2 atom stereocenters. The van der Waals surface area contributed by atoms with Gasteiger partial charge in [0.25, 0.3) is 5.91 Å². The zero-order valence-electron chi connectivity index (χ0n) is 23.0. The third-order valence-electron chi connectivity index (χ3n) is 7.64. The Morgan fingerprint density at radius 3 is 1.67 bits per heavy atom. The van der Waals surface area contributed by atoms with E-state index in [0.717, 1.165) is 76.9 Å². The van der Waals surface area contributed by atoms with E-state index in [-0.39, 0.29) is 47.9 Å². The first kappa shape index (κ1) is 30.3. The molecule has 2 aromatic carbocycles. The molecule has 2 saturated heterocycles. The first-order valence-electron chi connectivity index (χ1n) is 12.8. The Balaban J connectivity index is 0.000000247. The van der Waals surface area contributed by atoms with Gasteiger partial charge in [-0.2, -0.15) is 0 Å². The van der Waals surface area contributed by atoms with Gasteiger partial charge in [-0.25, -0.2) is 0 Å². The van der Waals surface area contributed by atoms with Crippen LogP contribution in [0.1, 0.15) is 47.9 Å². The summed E-state index contributed by atoms with van der Waals surface area (Å²) in [6.45, 7) is 10.2. The Morgan fingerprint density at radius 1 is 0.806 bits per heavy atom. The Labute approximate surface area is 234 Å². The molecule has 2 aliphatic rings. The minimum Gasteiger partial charge on any atom is -1.00 e. The highest BCUT2D eigenvalue weighted by Crippen LogP contribution is 2.26. The van der Waals surface area contributed by atoms with Gasteiger partial charge < -0.3 is 39.1 Å². The van der Waals surface area contributed by atoms with E-state index in [0.29, 0.717) is 0 Å². The van der Waals surface area contributed by atoms with E-state index >= 15 is 0 Å². The zero-order valence-corrected chi connectivity index (χ0v) is 25.1. The van der Waals surface area contributed by atoms with Crippen LogP contribution in [-0.2, 0) is 9.59 Å². The first-order valence-corrected chi connectivity index (χ1v) is 12.8. The molecule has 198 valence electrons. The van der Waals surface area contributed by atoms with Crippen molar-refractivity contribution in [1.82, 2.24) is 4.90 Å². The monoisotopic (exact) mass is 606 g/mol. The number of nitrogens with zero attached hydrogens (tertiary/aromatic N) is 2. The third kappa shape index (κ3) is 7.29. The minimum absolute atomic E-state index is 0. The molecule has 0 saturated carbocycles. The Bertz CT molecular complexity index is 1030. The maximum Gasteiger partial charge on any atom is 0.282 e. The lowest BCUT2D eigenvalue weighted by atomic mass is 10.1. The maximum absolute atomic E-state index is 12.4. The van der Waals surface area contributed by atoms with Crippen LogP contribution in [0, 0.1) is 27.7 Å². The lowest BCUT2D eigenvalue weighted by Gasteiger charge is -2.30. The number of likely N-dealkylation sites (tertiary alicyclic amines) is 2. The van der Waals surface area contributed by atoms with Gasteiger partial charge in [0, 0.05) is 24.2 Å². The second-order valence-corrected chi connectivity index (χ2v) is 10.8. The summed E-state index contributed by atoms with van der Waals surface area (Å²) in [4.78, 5) is 26.7. The lowest BCUT2D eigenvalue weighted by molar-refractivity contribution is -0.892. The lowest BCUT2D eigenvalue weighted by Crippen LogP contribution is -3.00. The van der Waals surface area contributed by atoms with Gasteiger partial charge in [-0.05, 0) is 76.4 Å². The van der Waals surface area contributed by atoms with Crippen LogP contribution in [0.3, 0.4) is 0 Å². The summed E-state index contributed by atoms with van der Waals surface area (Å²) < 4.78 is 0.802. The van der Waals surface area contributed by atoms with Gasteiger partial charge in [-0.15, -0.1) is 0 Å². The predicted molar refractivity (Wildman–Crippen MR) is 145 cm³/mol. The summed E-state index contributed by atoms with van der Waals surface area (Å²) in [6, 6.07) is 12.3. The summed E-state index contributed by atoms with van der Waals surface area (Å²) in [5.74, 6) is 0.289. The molecule has 2 fully saturated rings. The zero-order chi connectivity index (χ0) is 25.8. The highest BCUT2D eigenvalue weighted by molar-refractivity contribution is 5.96. The van der Waals surface area contributed by atoms with Crippen LogP contribution < -0.4 is 34.6 Å². The molecule has 0 bridgehead atoms. The van der Waals surface area contributed by atoms with Crippen molar-refractivity contribution in [3.8, 4) is 0 Å². The Morgan fingerprint density at radius 2 is 1.28 bits per heavy atom. The summed E-state index contributed by atoms with van der Waals surface area (Å²) in [5.41, 5.74) is 6.46. The fraction of sp³-hybridized carbons (Fsp3) is 0.517. The van der Waals surface area contributed by atoms with Crippen LogP contribution in [0.4, 0.5) is 11.4 Å². The van der Waals surface area contributed by atoms with E-state index in [4.69, 9.17) is 0 Å². The predicted octanol–water partition coefficient (Wildman–Crippen LogP) is 1.82. The van der Waals surface area contributed by atoms with Gasteiger partial charge in [0.05, 0.1) is 26.7 Å². The average Bonchev–Trinajstić information content (AvgIpc) is 3.38. The molecule has 2 heterocycles. The molecule has 2 unspecified atom stereocenters. The molecule has 0 radical (unpaired) electrons. The Kier molecular flexibility index (Phi) is 10.9. The highest BCUT2D eigenvalue weighted by Gasteiger charge is 2.39. The number of halogens is 1. The molecule has 2 aliphatic heterocycles. The quantitative estimate of drug-likeness (QED) is 0.413. The van der Waals surface area contributed by atoms with Crippen LogP contribution in [-0.4, -0.2) is 67.5 Å². The topological polar surface area (TPSA) is 61.4 Å². The molecule has 2 aromatic rings. The van der Waals surface area contributed by atoms with Crippen LogP contribution in [0.25, 0.3) is 0 Å². The van der Waals surface area contributed by atoms with Crippen molar-refractivity contribution in [3.05, 3.63) is 58.7 Å². The van der Waals surface area contributed by atoms with Crippen molar-refractivity contribution in [1.29, 1.82) is 0 Å². The molecule has 2 N–H and O–H groups in total. The van der Waals surface area contributed by atoms with Crippen molar-refractivity contribution < 1.29 is 38.0 Å². The molecule has 0 aromatic heterocycles. The smallest absolute Gasteiger partial charge is 0.282 e. The third-order valence-corrected chi connectivity index (χ3v) is 7.64. The second-order valence-electron chi connectivity index (χ2n) is 10.8. The van der Waals surface area contributed by atoms with Crippen molar-refractivity contribution in [3.63, 3.8) is 0 Å². The molecular weight excluding hydrogens is 563 g/mol. The standard InChI is InChI=1S/C15H22N2O.C14H20N2O.HI/c1-11-7-5-8-12(2)14(11)16-15(18)13-9-6-10-17(13,3)4;1-10-6-4-7-11(2)13(10)15-14(17)12-8-5-9-16(12)3;/h5,7-8,13H,6,9-10H2,1-4H3;4,6-7,12H,5,8-9H2,1-3H3,(H,15,17);1H. The number of quaternary nitrogens is 1. The van der Waals surface area contributed by atoms with E-state index in [1.54, 1.807) is 0 Å². The number of carbonyl (C=O) groups is 2. The number of rotatable bonds is 4. The number of aryl methyl sites for hydroxylation is 4. The first-order chi connectivity index (χ1) is 16.5. The van der Waals surface area contributed by atoms with Crippen LogP contribution >= 0.6 is 0 Å². The fourth-order valence-electron chi connectivity index (χ4n) is 5.32. The number of para-hydroxylation sites is 2. The number of hydrogen-bond donors (Lipinski definition) is 2. The van der Waals surface area contributed by atoms with E-state index in [9.17, 15) is 9.59 Å². The average molecular weight is 607 g/mol. The molecule has 2 amide bonds. The molecule has 4 rings (SSSR count). The molecule has 0 spiro atoms. The molecule has 36 heavy (non-hydrogen) atoms. The number of likely N-dealkylation sites (N-methyl/N-ethyl adjacent to an activating group) is 2.